The van der Waals surface area contributed by atoms with Gasteiger partial charge in [-0.25, -0.2) is 9.59 Å². The molecule has 1 aromatic rings. The first-order valence-electron chi connectivity index (χ1n) is 6.35. The van der Waals surface area contributed by atoms with Crippen LogP contribution in [0.2, 0.25) is 0 Å². The molecule has 1 saturated heterocycles. The molecule has 1 aliphatic heterocycles. The van der Waals surface area contributed by atoms with Crippen LogP contribution in [-0.4, -0.2) is 50.8 Å². The molecule has 1 aromatic heterocycles. The van der Waals surface area contributed by atoms with Gasteiger partial charge in [0, 0.05) is 18.7 Å². The maximum atomic E-state index is 12.0. The third-order valence-electron chi connectivity index (χ3n) is 3.19. The molecule has 1 aliphatic rings. The van der Waals surface area contributed by atoms with Crippen molar-refractivity contribution in [2.75, 3.05) is 6.54 Å². The highest BCUT2D eigenvalue weighted by Crippen LogP contribution is 2.18. The van der Waals surface area contributed by atoms with E-state index in [0.717, 1.165) is 10.6 Å². The highest BCUT2D eigenvalue weighted by molar-refractivity contribution is 5.83. The maximum Gasteiger partial charge on any atom is 0.326 e. The number of hydrogen-bond acceptors (Lipinski definition) is 4. The fourth-order valence-corrected chi connectivity index (χ4v) is 2.24. The quantitative estimate of drug-likeness (QED) is 0.729. The largest absolute Gasteiger partial charge is 0.480 e. The highest BCUT2D eigenvalue weighted by atomic mass is 16.4. The van der Waals surface area contributed by atoms with Gasteiger partial charge in [0.2, 0.25) is 0 Å². The van der Waals surface area contributed by atoms with Gasteiger partial charge in [0.15, 0.2) is 0 Å². The fraction of sp³-hybridized carbons (Fsp3) is 0.462. The number of aliphatic hydroxyl groups excluding tert-OH is 1. The minimum atomic E-state index is -1.11. The summed E-state index contributed by atoms with van der Waals surface area (Å²) in [5.74, 6) is -1.11. The molecule has 1 unspecified atom stereocenters. The number of carbonyl (C=O) groups is 2. The van der Waals surface area contributed by atoms with Crippen molar-refractivity contribution in [3.8, 4) is 0 Å². The van der Waals surface area contributed by atoms with Crippen molar-refractivity contribution in [1.29, 1.82) is 0 Å². The van der Waals surface area contributed by atoms with Crippen LogP contribution >= 0.6 is 0 Å². The number of aliphatic carboxylic acids is 1. The van der Waals surface area contributed by atoms with E-state index < -0.39 is 24.1 Å². The molecule has 20 heavy (non-hydrogen) atoms. The predicted octanol–water partition coefficient (Wildman–Crippen LogP) is 0.119. The van der Waals surface area contributed by atoms with Gasteiger partial charge < -0.3 is 20.4 Å². The normalized spacial score (nSPS) is 21.8. The molecule has 2 amide bonds. The summed E-state index contributed by atoms with van der Waals surface area (Å²) in [6.07, 6.45) is -0.732. The molecule has 3 N–H and O–H groups in total. The number of rotatable bonds is 3. The van der Waals surface area contributed by atoms with Gasteiger partial charge in [0.05, 0.1) is 18.3 Å². The van der Waals surface area contributed by atoms with Crippen LogP contribution in [0.1, 0.15) is 17.8 Å². The Morgan fingerprint density at radius 2 is 2.25 bits per heavy atom. The lowest BCUT2D eigenvalue weighted by Crippen LogP contribution is -2.46. The number of urea groups is 1. The van der Waals surface area contributed by atoms with E-state index in [9.17, 15) is 14.7 Å². The van der Waals surface area contributed by atoms with Crippen molar-refractivity contribution in [2.24, 2.45) is 0 Å². The van der Waals surface area contributed by atoms with E-state index in [0.29, 0.717) is 5.69 Å². The number of nitrogens with one attached hydrogen (secondary N) is 1. The molecule has 2 rings (SSSR count). The second-order valence-corrected chi connectivity index (χ2v) is 4.82. The SMILES string of the molecule is Cc1cccc(CNC(=O)N2CC(O)C[C@H]2C(=O)O)n1. The Morgan fingerprint density at radius 3 is 2.90 bits per heavy atom. The van der Waals surface area contributed by atoms with Crippen molar-refractivity contribution >= 4 is 12.0 Å². The summed E-state index contributed by atoms with van der Waals surface area (Å²) in [5.41, 5.74) is 1.54. The van der Waals surface area contributed by atoms with Crippen LogP contribution in [0.4, 0.5) is 4.79 Å². The molecule has 0 radical (unpaired) electrons. The summed E-state index contributed by atoms with van der Waals surface area (Å²) in [6.45, 7) is 2.10. The number of β-amino-alcohol motifs (C(OH)–C–C–N with tert-alkyl or cyclic N) is 1. The number of carbonyl (C=O) groups excluding carboxylic acids is 1. The van der Waals surface area contributed by atoms with Gasteiger partial charge in [0.1, 0.15) is 6.04 Å². The van der Waals surface area contributed by atoms with E-state index in [-0.39, 0.29) is 19.5 Å². The third-order valence-corrected chi connectivity index (χ3v) is 3.19. The lowest BCUT2D eigenvalue weighted by molar-refractivity contribution is -0.141. The number of nitrogens with zero attached hydrogens (tertiary/aromatic N) is 2. The van der Waals surface area contributed by atoms with Crippen LogP contribution in [0, 0.1) is 6.92 Å². The van der Waals surface area contributed by atoms with Crippen molar-refractivity contribution in [1.82, 2.24) is 15.2 Å². The number of carboxylic acids is 1. The van der Waals surface area contributed by atoms with E-state index in [2.05, 4.69) is 10.3 Å². The van der Waals surface area contributed by atoms with Gasteiger partial charge in [0.25, 0.3) is 0 Å². The topological polar surface area (TPSA) is 103 Å². The van der Waals surface area contributed by atoms with E-state index >= 15 is 0 Å². The van der Waals surface area contributed by atoms with E-state index in [1.807, 2.05) is 19.1 Å². The number of likely N-dealkylation sites (tertiary alicyclic amines) is 1. The molecule has 0 aliphatic carbocycles. The molecule has 1 fully saturated rings. The zero-order valence-electron chi connectivity index (χ0n) is 11.1. The van der Waals surface area contributed by atoms with Crippen LogP contribution in [0.25, 0.3) is 0 Å². The number of aromatic nitrogens is 1. The lowest BCUT2D eigenvalue weighted by Gasteiger charge is -2.21. The second kappa shape index (κ2) is 5.87. The summed E-state index contributed by atoms with van der Waals surface area (Å²) in [7, 11) is 0. The maximum absolute atomic E-state index is 12.0. The van der Waals surface area contributed by atoms with Crippen molar-refractivity contribution in [3.05, 3.63) is 29.6 Å². The first-order valence-corrected chi connectivity index (χ1v) is 6.35. The number of aryl methyl sites for hydroxylation is 1. The minimum absolute atomic E-state index is 0.0318. The Hall–Kier alpha value is -2.15. The first kappa shape index (κ1) is 14.3. The summed E-state index contributed by atoms with van der Waals surface area (Å²) in [5, 5.41) is 21.1. The molecule has 108 valence electrons. The molecular formula is C13H17N3O4. The van der Waals surface area contributed by atoms with Crippen LogP contribution in [0.5, 0.6) is 0 Å². The number of hydrogen-bond donors (Lipinski definition) is 3. The number of aliphatic hydroxyl groups is 1. The summed E-state index contributed by atoms with van der Waals surface area (Å²) in [6, 6.07) is 3.99. The van der Waals surface area contributed by atoms with Gasteiger partial charge in [-0.2, -0.15) is 0 Å². The van der Waals surface area contributed by atoms with Gasteiger partial charge >= 0.3 is 12.0 Å². The molecule has 0 bridgehead atoms. The molecular weight excluding hydrogens is 262 g/mol. The van der Waals surface area contributed by atoms with E-state index in [1.165, 1.54) is 0 Å². The third kappa shape index (κ3) is 3.24. The summed E-state index contributed by atoms with van der Waals surface area (Å²) >= 11 is 0. The molecule has 2 atom stereocenters. The van der Waals surface area contributed by atoms with Crippen LogP contribution in [0.3, 0.4) is 0 Å². The Bertz CT molecular complexity index is 520. The standard InChI is InChI=1S/C13H17N3O4/c1-8-3-2-4-9(15-8)6-14-13(20)16-7-10(17)5-11(16)12(18)19/h2-4,10-11,17H,5-7H2,1H3,(H,14,20)(H,18,19)/t10?,11-/m0/s1. The van der Waals surface area contributed by atoms with E-state index in [1.54, 1.807) is 6.07 Å². The minimum Gasteiger partial charge on any atom is -0.480 e. The molecule has 2 heterocycles. The van der Waals surface area contributed by atoms with Crippen LogP contribution in [0.15, 0.2) is 18.2 Å². The van der Waals surface area contributed by atoms with E-state index in [4.69, 9.17) is 5.11 Å². The lowest BCUT2D eigenvalue weighted by atomic mass is 10.2. The van der Waals surface area contributed by atoms with Gasteiger partial charge in [-0.15, -0.1) is 0 Å². The Balaban J connectivity index is 1.96. The molecule has 7 heteroatoms. The van der Waals surface area contributed by atoms with Crippen LogP contribution in [-0.2, 0) is 11.3 Å². The average Bonchev–Trinajstić information content (AvgIpc) is 2.78. The molecule has 0 saturated carbocycles. The molecule has 7 nitrogen and oxygen atoms in total. The predicted molar refractivity (Wildman–Crippen MR) is 70.0 cm³/mol. The average molecular weight is 279 g/mol. The Labute approximate surface area is 116 Å². The summed E-state index contributed by atoms with van der Waals surface area (Å²) in [4.78, 5) is 28.4. The van der Waals surface area contributed by atoms with Gasteiger partial charge in [-0.3, -0.25) is 4.98 Å². The van der Waals surface area contributed by atoms with Crippen molar-refractivity contribution in [3.63, 3.8) is 0 Å². The zero-order valence-corrected chi connectivity index (χ0v) is 11.1. The number of amides is 2. The second-order valence-electron chi connectivity index (χ2n) is 4.82. The number of pyridine rings is 1. The highest BCUT2D eigenvalue weighted by Gasteiger charge is 2.38. The van der Waals surface area contributed by atoms with Crippen molar-refractivity contribution in [2.45, 2.75) is 32.0 Å². The Morgan fingerprint density at radius 1 is 1.50 bits per heavy atom. The molecule has 0 aromatic carbocycles. The monoisotopic (exact) mass is 279 g/mol. The summed E-state index contributed by atoms with van der Waals surface area (Å²) < 4.78 is 0. The smallest absolute Gasteiger partial charge is 0.326 e. The Kier molecular flexibility index (Phi) is 4.19. The fourth-order valence-electron chi connectivity index (χ4n) is 2.24. The zero-order chi connectivity index (χ0) is 14.7. The first-order chi connectivity index (χ1) is 9.47. The van der Waals surface area contributed by atoms with Gasteiger partial charge in [-0.1, -0.05) is 6.07 Å². The van der Waals surface area contributed by atoms with Gasteiger partial charge in [-0.05, 0) is 19.1 Å². The van der Waals surface area contributed by atoms with Crippen molar-refractivity contribution < 1.29 is 19.8 Å². The molecule has 0 spiro atoms. The number of carboxylic acid groups (broad SMARTS) is 1. The van der Waals surface area contributed by atoms with Crippen LogP contribution < -0.4 is 5.32 Å².